The van der Waals surface area contributed by atoms with Gasteiger partial charge in [-0.3, -0.25) is 14.2 Å². The van der Waals surface area contributed by atoms with Crippen LogP contribution in [0.3, 0.4) is 0 Å². The molecule has 8 nitrogen and oxygen atoms in total. The minimum Gasteiger partial charge on any atom is -0.325 e. The van der Waals surface area contributed by atoms with Gasteiger partial charge in [0.05, 0.1) is 27.2 Å². The van der Waals surface area contributed by atoms with Gasteiger partial charge in [0.25, 0.3) is 5.56 Å². The summed E-state index contributed by atoms with van der Waals surface area (Å²) in [5, 5.41) is 8.69. The van der Waals surface area contributed by atoms with E-state index in [-0.39, 0.29) is 22.1 Å². The van der Waals surface area contributed by atoms with Crippen LogP contribution in [0.15, 0.2) is 81.6 Å². The molecule has 0 bridgehead atoms. The van der Waals surface area contributed by atoms with E-state index >= 15 is 0 Å². The molecule has 0 spiro atoms. The molecule has 0 fully saturated rings. The maximum atomic E-state index is 13.4. The predicted molar refractivity (Wildman–Crippen MR) is 134 cm³/mol. The molecular formula is C24H22N4O4S2. The zero-order valence-electron chi connectivity index (χ0n) is 18.5. The van der Waals surface area contributed by atoms with Gasteiger partial charge in [0.2, 0.25) is 15.9 Å². The molecule has 34 heavy (non-hydrogen) atoms. The Balaban J connectivity index is 1.67. The Kier molecular flexibility index (Phi) is 6.56. The molecule has 0 saturated heterocycles. The topological polar surface area (TPSA) is 124 Å². The summed E-state index contributed by atoms with van der Waals surface area (Å²) in [6, 6.07) is 18.5. The lowest BCUT2D eigenvalue weighted by atomic mass is 10.1. The highest BCUT2D eigenvalue weighted by molar-refractivity contribution is 7.99. The van der Waals surface area contributed by atoms with Gasteiger partial charge in [-0.2, -0.15) is 0 Å². The fourth-order valence-corrected chi connectivity index (χ4v) is 4.84. The number of nitrogens with two attached hydrogens (primary N) is 1. The molecular weight excluding hydrogens is 472 g/mol. The van der Waals surface area contributed by atoms with Crippen molar-refractivity contribution in [3.63, 3.8) is 0 Å². The Morgan fingerprint density at radius 2 is 1.79 bits per heavy atom. The number of sulfonamides is 1. The van der Waals surface area contributed by atoms with Gasteiger partial charge >= 0.3 is 0 Å². The number of primary sulfonamides is 1. The zero-order chi connectivity index (χ0) is 24.5. The monoisotopic (exact) mass is 494 g/mol. The van der Waals surface area contributed by atoms with Gasteiger partial charge in [0, 0.05) is 5.69 Å². The molecule has 174 valence electrons. The first-order chi connectivity index (χ1) is 16.1. The van der Waals surface area contributed by atoms with Crippen molar-refractivity contribution in [1.29, 1.82) is 0 Å². The lowest BCUT2D eigenvalue weighted by Crippen LogP contribution is -2.23. The van der Waals surface area contributed by atoms with Crippen molar-refractivity contribution in [3.8, 4) is 5.69 Å². The van der Waals surface area contributed by atoms with Crippen LogP contribution in [0.1, 0.15) is 11.1 Å². The van der Waals surface area contributed by atoms with Gasteiger partial charge < -0.3 is 5.32 Å². The lowest BCUT2D eigenvalue weighted by Gasteiger charge is -2.16. The van der Waals surface area contributed by atoms with Gasteiger partial charge in [0.15, 0.2) is 5.16 Å². The van der Waals surface area contributed by atoms with E-state index < -0.39 is 10.0 Å². The molecule has 0 unspecified atom stereocenters. The number of nitrogens with zero attached hydrogens (tertiary/aromatic N) is 2. The largest absolute Gasteiger partial charge is 0.325 e. The maximum Gasteiger partial charge on any atom is 0.266 e. The third-order valence-corrected chi connectivity index (χ3v) is 7.19. The first-order valence-corrected chi connectivity index (χ1v) is 12.8. The Hall–Kier alpha value is -3.47. The number of anilines is 1. The Labute approximate surface area is 200 Å². The van der Waals surface area contributed by atoms with Crippen molar-refractivity contribution in [1.82, 2.24) is 9.55 Å². The quantitative estimate of drug-likeness (QED) is 0.313. The minimum atomic E-state index is -3.89. The van der Waals surface area contributed by atoms with Crippen LogP contribution >= 0.6 is 11.8 Å². The van der Waals surface area contributed by atoms with E-state index in [1.807, 2.05) is 32.0 Å². The number of fused-ring (bicyclic) bond motifs is 1. The van der Waals surface area contributed by atoms with E-state index in [0.717, 1.165) is 22.9 Å². The standard InChI is InChI=1S/C24H22N4O4S2/c1-15-7-5-12-21(16(15)2)28-23(30)19-10-3-4-11-20(19)27-24(28)33-14-22(29)26-17-8-6-9-18(13-17)34(25,31)32/h3-13H,14H2,1-2H3,(H,26,29)(H2,25,31,32). The molecule has 0 aliphatic carbocycles. The van der Waals surface area contributed by atoms with Crippen molar-refractivity contribution in [2.75, 3.05) is 11.1 Å². The number of rotatable bonds is 6. The average Bonchev–Trinajstić information content (AvgIpc) is 2.80. The van der Waals surface area contributed by atoms with Crippen LogP contribution in [-0.2, 0) is 14.8 Å². The molecule has 1 heterocycles. The normalized spacial score (nSPS) is 11.5. The second-order valence-corrected chi connectivity index (χ2v) is 10.2. The summed E-state index contributed by atoms with van der Waals surface area (Å²) in [5.41, 5.74) is 3.29. The number of hydrogen-bond donors (Lipinski definition) is 2. The van der Waals surface area contributed by atoms with Gasteiger partial charge in [-0.15, -0.1) is 0 Å². The van der Waals surface area contributed by atoms with Gasteiger partial charge in [-0.25, -0.2) is 18.5 Å². The van der Waals surface area contributed by atoms with E-state index in [1.165, 1.54) is 22.8 Å². The summed E-state index contributed by atoms with van der Waals surface area (Å²) in [7, 11) is -3.89. The van der Waals surface area contributed by atoms with E-state index in [2.05, 4.69) is 10.3 Å². The summed E-state index contributed by atoms with van der Waals surface area (Å²) >= 11 is 1.12. The summed E-state index contributed by atoms with van der Waals surface area (Å²) < 4.78 is 24.7. The number of amides is 1. The minimum absolute atomic E-state index is 0.0464. The highest BCUT2D eigenvalue weighted by atomic mass is 32.2. The van der Waals surface area contributed by atoms with Gasteiger partial charge in [0.1, 0.15) is 0 Å². The predicted octanol–water partition coefficient (Wildman–Crippen LogP) is 3.38. The van der Waals surface area contributed by atoms with Crippen LogP contribution in [0.2, 0.25) is 0 Å². The van der Waals surface area contributed by atoms with Crippen LogP contribution < -0.4 is 16.0 Å². The van der Waals surface area contributed by atoms with Crippen molar-refractivity contribution >= 4 is 44.3 Å². The number of nitrogens with one attached hydrogen (secondary N) is 1. The summed E-state index contributed by atoms with van der Waals surface area (Å²) in [4.78, 5) is 30.6. The average molecular weight is 495 g/mol. The number of carbonyl (C=O) groups excluding carboxylic acids is 1. The molecule has 4 rings (SSSR count). The number of benzene rings is 3. The summed E-state index contributed by atoms with van der Waals surface area (Å²) in [5.74, 6) is -0.429. The first kappa shape index (κ1) is 23.7. The van der Waals surface area contributed by atoms with Crippen LogP contribution in [0.4, 0.5) is 5.69 Å². The molecule has 3 N–H and O–H groups in total. The van der Waals surface area contributed by atoms with Crippen LogP contribution in [0.25, 0.3) is 16.6 Å². The summed E-state index contributed by atoms with van der Waals surface area (Å²) in [6.07, 6.45) is 0. The molecule has 0 atom stereocenters. The van der Waals surface area contributed by atoms with E-state index in [4.69, 9.17) is 5.14 Å². The lowest BCUT2D eigenvalue weighted by molar-refractivity contribution is -0.113. The first-order valence-electron chi connectivity index (χ1n) is 10.3. The van der Waals surface area contributed by atoms with Crippen molar-refractivity contribution in [2.45, 2.75) is 23.9 Å². The molecule has 1 aromatic heterocycles. The molecule has 0 saturated carbocycles. The molecule has 4 aromatic rings. The molecule has 0 aliphatic rings. The SMILES string of the molecule is Cc1cccc(-n2c(SCC(=O)Nc3cccc(S(N)(=O)=O)c3)nc3ccccc3c2=O)c1C. The Bertz CT molecular complexity index is 1580. The number of aryl methyl sites for hydroxylation is 1. The highest BCUT2D eigenvalue weighted by Crippen LogP contribution is 2.25. The number of aromatic nitrogens is 2. The number of carbonyl (C=O) groups is 1. The van der Waals surface area contributed by atoms with Crippen LogP contribution in [0, 0.1) is 13.8 Å². The molecule has 3 aromatic carbocycles. The second-order valence-electron chi connectivity index (χ2n) is 7.68. The van der Waals surface area contributed by atoms with E-state index in [1.54, 1.807) is 30.3 Å². The van der Waals surface area contributed by atoms with Crippen LogP contribution in [-0.4, -0.2) is 29.6 Å². The number of para-hydroxylation sites is 1. The van der Waals surface area contributed by atoms with Crippen molar-refractivity contribution in [2.24, 2.45) is 5.14 Å². The van der Waals surface area contributed by atoms with Crippen LogP contribution in [0.5, 0.6) is 0 Å². The fourth-order valence-electron chi connectivity index (χ4n) is 3.48. The molecule has 0 aliphatic heterocycles. The number of hydrogen-bond acceptors (Lipinski definition) is 6. The van der Waals surface area contributed by atoms with E-state index in [0.29, 0.717) is 27.4 Å². The van der Waals surface area contributed by atoms with E-state index in [9.17, 15) is 18.0 Å². The molecule has 1 amide bonds. The zero-order valence-corrected chi connectivity index (χ0v) is 20.1. The highest BCUT2D eigenvalue weighted by Gasteiger charge is 2.17. The fraction of sp³-hybridized carbons (Fsp3) is 0.125. The molecule has 0 radical (unpaired) electrons. The Morgan fingerprint density at radius 1 is 1.06 bits per heavy atom. The van der Waals surface area contributed by atoms with Gasteiger partial charge in [-0.05, 0) is 61.4 Å². The maximum absolute atomic E-state index is 13.4. The van der Waals surface area contributed by atoms with Crippen molar-refractivity contribution < 1.29 is 13.2 Å². The summed E-state index contributed by atoms with van der Waals surface area (Å²) in [6.45, 7) is 3.90. The van der Waals surface area contributed by atoms with Gasteiger partial charge in [-0.1, -0.05) is 42.1 Å². The smallest absolute Gasteiger partial charge is 0.266 e. The number of thioether (sulfide) groups is 1. The molecule has 10 heteroatoms. The Morgan fingerprint density at radius 3 is 2.56 bits per heavy atom. The van der Waals surface area contributed by atoms with Crippen molar-refractivity contribution in [3.05, 3.63) is 88.2 Å². The third kappa shape index (κ3) is 4.89. The second kappa shape index (κ2) is 9.41. The third-order valence-electron chi connectivity index (χ3n) is 5.34.